The predicted molar refractivity (Wildman–Crippen MR) is 76.5 cm³/mol. The number of rotatable bonds is 5. The third-order valence-electron chi connectivity index (χ3n) is 2.91. The van der Waals surface area contributed by atoms with Crippen LogP contribution in [0.3, 0.4) is 0 Å². The molecule has 2 N–H and O–H groups in total. The van der Waals surface area contributed by atoms with Gasteiger partial charge in [-0.1, -0.05) is 13.8 Å². The predicted octanol–water partition coefficient (Wildman–Crippen LogP) is 1.56. The lowest BCUT2D eigenvalue weighted by molar-refractivity contribution is 0.0892. The molecule has 0 aliphatic rings. The second-order valence-electron chi connectivity index (χ2n) is 4.75. The van der Waals surface area contributed by atoms with Crippen molar-refractivity contribution in [2.24, 2.45) is 5.92 Å². The van der Waals surface area contributed by atoms with E-state index in [-0.39, 0.29) is 24.5 Å². The third kappa shape index (κ3) is 3.91. The summed E-state index contributed by atoms with van der Waals surface area (Å²) in [6.45, 7) is 7.43. The lowest BCUT2D eigenvalue weighted by Crippen LogP contribution is -2.41. The van der Waals surface area contributed by atoms with E-state index in [2.05, 4.69) is 15.3 Å². The van der Waals surface area contributed by atoms with Gasteiger partial charge in [0.1, 0.15) is 10.9 Å². The number of nitrogens with one attached hydrogen (secondary N) is 1. The lowest BCUT2D eigenvalue weighted by Gasteiger charge is -2.21. The van der Waals surface area contributed by atoms with E-state index in [4.69, 9.17) is 0 Å². The first-order valence-electron chi connectivity index (χ1n) is 6.21. The molecule has 0 saturated heterocycles. The Morgan fingerprint density at radius 2 is 2.00 bits per heavy atom. The van der Waals surface area contributed by atoms with E-state index in [9.17, 15) is 9.90 Å². The number of aliphatic hydroxyl groups is 1. The highest BCUT2D eigenvalue weighted by Crippen LogP contribution is 2.20. The van der Waals surface area contributed by atoms with Crippen molar-refractivity contribution in [2.45, 2.75) is 38.8 Å². The molecule has 0 bridgehead atoms. The summed E-state index contributed by atoms with van der Waals surface area (Å²) in [5.41, 5.74) is 1.16. The van der Waals surface area contributed by atoms with Crippen LogP contribution in [0, 0.1) is 19.8 Å². The standard InChI is InChI=1S/C13H21N3O2S/c1-7(2)10(6-17)16-12(18)11-8(3)14-9(4)15-13(11)19-5/h7,10,17H,6H2,1-5H3,(H,16,18). The van der Waals surface area contributed by atoms with Crippen LogP contribution >= 0.6 is 11.8 Å². The molecule has 0 aliphatic heterocycles. The van der Waals surface area contributed by atoms with Crippen LogP contribution in [-0.4, -0.2) is 39.9 Å². The van der Waals surface area contributed by atoms with E-state index in [0.717, 1.165) is 0 Å². The van der Waals surface area contributed by atoms with Crippen molar-refractivity contribution in [2.75, 3.05) is 12.9 Å². The fourth-order valence-corrected chi connectivity index (χ4v) is 2.42. The summed E-state index contributed by atoms with van der Waals surface area (Å²) in [5.74, 6) is 0.592. The third-order valence-corrected chi connectivity index (χ3v) is 3.59. The van der Waals surface area contributed by atoms with Crippen LogP contribution in [0.1, 0.15) is 35.7 Å². The van der Waals surface area contributed by atoms with Crippen LogP contribution < -0.4 is 5.32 Å². The van der Waals surface area contributed by atoms with Crippen LogP contribution in [0.25, 0.3) is 0 Å². The van der Waals surface area contributed by atoms with Crippen molar-refractivity contribution in [1.82, 2.24) is 15.3 Å². The molecule has 1 aromatic rings. The molecule has 0 aliphatic carbocycles. The Bertz CT molecular complexity index is 463. The average Bonchev–Trinajstić information content (AvgIpc) is 2.33. The van der Waals surface area contributed by atoms with E-state index >= 15 is 0 Å². The number of hydrogen-bond acceptors (Lipinski definition) is 5. The Morgan fingerprint density at radius 3 is 2.47 bits per heavy atom. The second-order valence-corrected chi connectivity index (χ2v) is 5.54. The molecule has 1 unspecified atom stereocenters. The molecule has 5 nitrogen and oxygen atoms in total. The lowest BCUT2D eigenvalue weighted by atomic mass is 10.0. The highest BCUT2D eigenvalue weighted by atomic mass is 32.2. The molecule has 1 atom stereocenters. The first-order chi connectivity index (χ1) is 8.90. The maximum absolute atomic E-state index is 12.3. The number of hydrogen-bond donors (Lipinski definition) is 2. The number of thioether (sulfide) groups is 1. The van der Waals surface area contributed by atoms with Crippen molar-refractivity contribution >= 4 is 17.7 Å². The summed E-state index contributed by atoms with van der Waals surface area (Å²) in [6, 6.07) is -0.261. The second kappa shape index (κ2) is 6.86. The molecule has 0 aromatic carbocycles. The monoisotopic (exact) mass is 283 g/mol. The first-order valence-corrected chi connectivity index (χ1v) is 7.44. The minimum absolute atomic E-state index is 0.0796. The summed E-state index contributed by atoms with van der Waals surface area (Å²) in [7, 11) is 0. The van der Waals surface area contributed by atoms with Crippen LogP contribution in [0.4, 0.5) is 0 Å². The van der Waals surface area contributed by atoms with E-state index in [1.165, 1.54) is 11.8 Å². The van der Waals surface area contributed by atoms with Gasteiger partial charge in [0.05, 0.1) is 23.9 Å². The maximum Gasteiger partial charge on any atom is 0.256 e. The molecule has 6 heteroatoms. The first kappa shape index (κ1) is 15.9. The number of aromatic nitrogens is 2. The Morgan fingerprint density at radius 1 is 1.37 bits per heavy atom. The molecule has 1 rings (SSSR count). The molecule has 1 amide bonds. The van der Waals surface area contributed by atoms with Crippen molar-refractivity contribution < 1.29 is 9.90 Å². The summed E-state index contributed by atoms with van der Waals surface area (Å²) in [5, 5.41) is 12.8. The molecule has 0 radical (unpaired) electrons. The van der Waals surface area contributed by atoms with Crippen LogP contribution in [-0.2, 0) is 0 Å². The van der Waals surface area contributed by atoms with Gasteiger partial charge in [-0.2, -0.15) is 0 Å². The van der Waals surface area contributed by atoms with E-state index in [1.54, 1.807) is 13.8 Å². The van der Waals surface area contributed by atoms with Gasteiger partial charge in [0.15, 0.2) is 0 Å². The van der Waals surface area contributed by atoms with Gasteiger partial charge in [0.2, 0.25) is 0 Å². The maximum atomic E-state index is 12.3. The van der Waals surface area contributed by atoms with Gasteiger partial charge >= 0.3 is 0 Å². The van der Waals surface area contributed by atoms with E-state index in [0.29, 0.717) is 22.1 Å². The Balaban J connectivity index is 3.05. The molecule has 106 valence electrons. The van der Waals surface area contributed by atoms with Gasteiger partial charge in [0, 0.05) is 0 Å². The van der Waals surface area contributed by atoms with Gasteiger partial charge in [0.25, 0.3) is 5.91 Å². The van der Waals surface area contributed by atoms with Gasteiger partial charge in [-0.05, 0) is 26.0 Å². The fourth-order valence-electron chi connectivity index (χ4n) is 1.75. The minimum Gasteiger partial charge on any atom is -0.394 e. The molecule has 19 heavy (non-hydrogen) atoms. The fraction of sp³-hybridized carbons (Fsp3) is 0.615. The smallest absolute Gasteiger partial charge is 0.256 e. The molecule has 1 aromatic heterocycles. The highest BCUT2D eigenvalue weighted by Gasteiger charge is 2.21. The van der Waals surface area contributed by atoms with Gasteiger partial charge < -0.3 is 10.4 Å². The van der Waals surface area contributed by atoms with Crippen molar-refractivity contribution in [1.29, 1.82) is 0 Å². The number of nitrogens with zero attached hydrogens (tertiary/aromatic N) is 2. The molecular formula is C13H21N3O2S. The SMILES string of the molecule is CSc1nc(C)nc(C)c1C(=O)NC(CO)C(C)C. The summed E-state index contributed by atoms with van der Waals surface area (Å²) >= 11 is 1.42. The Labute approximate surface area is 118 Å². The molecular weight excluding hydrogens is 262 g/mol. The van der Waals surface area contributed by atoms with Gasteiger partial charge in [-0.3, -0.25) is 4.79 Å². The summed E-state index contributed by atoms with van der Waals surface area (Å²) < 4.78 is 0. The summed E-state index contributed by atoms with van der Waals surface area (Å²) in [4.78, 5) is 20.8. The highest BCUT2D eigenvalue weighted by molar-refractivity contribution is 7.98. The Kier molecular flexibility index (Phi) is 5.75. The zero-order valence-electron chi connectivity index (χ0n) is 12.0. The quantitative estimate of drug-likeness (QED) is 0.633. The number of amides is 1. The largest absolute Gasteiger partial charge is 0.394 e. The minimum atomic E-state index is -0.261. The Hall–Kier alpha value is -1.14. The zero-order chi connectivity index (χ0) is 14.6. The average molecular weight is 283 g/mol. The number of aliphatic hydroxyl groups excluding tert-OH is 1. The van der Waals surface area contributed by atoms with Gasteiger partial charge in [-0.15, -0.1) is 11.8 Å². The van der Waals surface area contributed by atoms with Crippen LogP contribution in [0.5, 0.6) is 0 Å². The van der Waals surface area contributed by atoms with Crippen molar-refractivity contribution in [3.05, 3.63) is 17.1 Å². The normalized spacial score (nSPS) is 12.6. The number of carbonyl (C=O) groups is 1. The zero-order valence-corrected chi connectivity index (χ0v) is 12.8. The van der Waals surface area contributed by atoms with Crippen molar-refractivity contribution in [3.63, 3.8) is 0 Å². The molecule has 0 fully saturated rings. The number of carbonyl (C=O) groups excluding carboxylic acids is 1. The molecule has 0 spiro atoms. The van der Waals surface area contributed by atoms with Crippen molar-refractivity contribution in [3.8, 4) is 0 Å². The van der Waals surface area contributed by atoms with E-state index in [1.807, 2.05) is 20.1 Å². The summed E-state index contributed by atoms with van der Waals surface area (Å²) in [6.07, 6.45) is 1.88. The van der Waals surface area contributed by atoms with E-state index < -0.39 is 0 Å². The molecule has 0 saturated carbocycles. The van der Waals surface area contributed by atoms with Crippen LogP contribution in [0.2, 0.25) is 0 Å². The topological polar surface area (TPSA) is 75.1 Å². The van der Waals surface area contributed by atoms with Crippen LogP contribution in [0.15, 0.2) is 5.03 Å². The number of aryl methyl sites for hydroxylation is 2. The molecule has 1 heterocycles. The van der Waals surface area contributed by atoms with Gasteiger partial charge in [-0.25, -0.2) is 9.97 Å².